The van der Waals surface area contributed by atoms with Gasteiger partial charge in [0, 0.05) is 6.61 Å². The van der Waals surface area contributed by atoms with Gasteiger partial charge in [-0.3, -0.25) is 0 Å². The average Bonchev–Trinajstić information content (AvgIpc) is 2.87. The number of aliphatic hydroxyl groups excluding tert-OH is 1. The summed E-state index contributed by atoms with van der Waals surface area (Å²) in [5, 5.41) is 8.77. The topological polar surface area (TPSA) is 20.2 Å². The van der Waals surface area contributed by atoms with Gasteiger partial charge in [-0.15, -0.1) is 0 Å². The molecular weight excluding hydrogens is 424 g/mol. The van der Waals surface area contributed by atoms with Crippen LogP contribution in [-0.4, -0.2) is 11.7 Å². The van der Waals surface area contributed by atoms with Crippen LogP contribution in [0.1, 0.15) is 200 Å². The van der Waals surface area contributed by atoms with E-state index in [2.05, 4.69) is 19.1 Å². The van der Waals surface area contributed by atoms with Gasteiger partial charge in [0.25, 0.3) is 0 Å². The van der Waals surface area contributed by atoms with E-state index in [-0.39, 0.29) is 0 Å². The Labute approximate surface area is 223 Å². The lowest BCUT2D eigenvalue weighted by molar-refractivity contribution is 0.282. The van der Waals surface area contributed by atoms with Crippen LogP contribution in [-0.2, 0) is 0 Å². The summed E-state index contributed by atoms with van der Waals surface area (Å²) in [5.74, 6) is 0. The molecule has 1 N–H and O–H groups in total. The summed E-state index contributed by atoms with van der Waals surface area (Å²) < 4.78 is 0. The molecule has 0 heterocycles. The van der Waals surface area contributed by atoms with Crippen molar-refractivity contribution in [3.63, 3.8) is 0 Å². The van der Waals surface area contributed by atoms with Crippen molar-refractivity contribution in [1.82, 2.24) is 0 Å². The summed E-state index contributed by atoms with van der Waals surface area (Å²) in [6.07, 6.45) is 47.1. The Morgan fingerprint density at radius 1 is 0.314 bits per heavy atom. The lowest BCUT2D eigenvalue weighted by atomic mass is 10.0. The SMILES string of the molecule is CCCCCCCCCCCCCCCCCCCCCCCCC=CCCCCCCCCO. The van der Waals surface area contributed by atoms with E-state index < -0.39 is 0 Å². The lowest BCUT2D eigenvalue weighted by Crippen LogP contribution is -1.84. The molecule has 0 unspecified atom stereocenters. The van der Waals surface area contributed by atoms with Gasteiger partial charge in [0.05, 0.1) is 0 Å². The Kier molecular flexibility index (Phi) is 33.4. The number of aliphatic hydroxyl groups is 1. The molecule has 0 aliphatic carbocycles. The molecule has 210 valence electrons. The first-order valence-electron chi connectivity index (χ1n) is 16.7. The zero-order chi connectivity index (χ0) is 25.3. The highest BCUT2D eigenvalue weighted by Crippen LogP contribution is 2.15. The van der Waals surface area contributed by atoms with E-state index in [4.69, 9.17) is 5.11 Å². The summed E-state index contributed by atoms with van der Waals surface area (Å²) in [6, 6.07) is 0. The fraction of sp³-hybridized carbons (Fsp3) is 0.941. The van der Waals surface area contributed by atoms with Gasteiger partial charge in [0.2, 0.25) is 0 Å². The Bertz CT molecular complexity index is 375. The minimum atomic E-state index is 0.363. The normalized spacial score (nSPS) is 11.7. The highest BCUT2D eigenvalue weighted by Gasteiger charge is 1.96. The molecule has 0 saturated heterocycles. The molecule has 0 saturated carbocycles. The summed E-state index contributed by atoms with van der Waals surface area (Å²) in [6.45, 7) is 2.67. The van der Waals surface area contributed by atoms with E-state index in [9.17, 15) is 0 Å². The first kappa shape index (κ1) is 34.7. The molecule has 0 amide bonds. The molecule has 0 rings (SSSR count). The number of rotatable bonds is 31. The third-order valence-electron chi connectivity index (χ3n) is 7.67. The lowest BCUT2D eigenvalue weighted by Gasteiger charge is -2.04. The van der Waals surface area contributed by atoms with Gasteiger partial charge in [0.15, 0.2) is 0 Å². The van der Waals surface area contributed by atoms with E-state index in [1.807, 2.05) is 0 Å². The fourth-order valence-corrected chi connectivity index (χ4v) is 5.19. The van der Waals surface area contributed by atoms with Crippen molar-refractivity contribution in [2.24, 2.45) is 0 Å². The molecule has 35 heavy (non-hydrogen) atoms. The third-order valence-corrected chi connectivity index (χ3v) is 7.67. The van der Waals surface area contributed by atoms with Crippen LogP contribution in [0.5, 0.6) is 0 Å². The largest absolute Gasteiger partial charge is 0.396 e. The second-order valence-corrected chi connectivity index (χ2v) is 11.3. The Balaban J connectivity index is 3.05. The van der Waals surface area contributed by atoms with Crippen LogP contribution in [0.25, 0.3) is 0 Å². The molecule has 0 fully saturated rings. The molecule has 0 aromatic carbocycles. The van der Waals surface area contributed by atoms with E-state index in [1.54, 1.807) is 0 Å². The van der Waals surface area contributed by atoms with Gasteiger partial charge in [0.1, 0.15) is 0 Å². The van der Waals surface area contributed by atoms with Crippen molar-refractivity contribution in [2.75, 3.05) is 6.61 Å². The van der Waals surface area contributed by atoms with E-state index in [1.165, 1.54) is 186 Å². The highest BCUT2D eigenvalue weighted by molar-refractivity contribution is 4.81. The van der Waals surface area contributed by atoms with Crippen molar-refractivity contribution in [3.8, 4) is 0 Å². The second kappa shape index (κ2) is 33.7. The van der Waals surface area contributed by atoms with Gasteiger partial charge in [-0.2, -0.15) is 0 Å². The third kappa shape index (κ3) is 33.7. The van der Waals surface area contributed by atoms with Crippen LogP contribution in [0.3, 0.4) is 0 Å². The Morgan fingerprint density at radius 2 is 0.543 bits per heavy atom. The number of hydrogen-bond donors (Lipinski definition) is 1. The summed E-state index contributed by atoms with van der Waals surface area (Å²) in [5.41, 5.74) is 0. The van der Waals surface area contributed by atoms with Gasteiger partial charge in [-0.25, -0.2) is 0 Å². The highest BCUT2D eigenvalue weighted by atomic mass is 16.2. The van der Waals surface area contributed by atoms with Crippen LogP contribution in [0, 0.1) is 0 Å². The molecule has 0 aromatic heterocycles. The fourth-order valence-electron chi connectivity index (χ4n) is 5.19. The van der Waals surface area contributed by atoms with Gasteiger partial charge < -0.3 is 5.11 Å². The van der Waals surface area contributed by atoms with Crippen molar-refractivity contribution in [3.05, 3.63) is 12.2 Å². The number of unbranched alkanes of at least 4 members (excludes halogenated alkanes) is 28. The predicted molar refractivity (Wildman–Crippen MR) is 160 cm³/mol. The smallest absolute Gasteiger partial charge is 0.0431 e. The van der Waals surface area contributed by atoms with Crippen LogP contribution in [0.4, 0.5) is 0 Å². The van der Waals surface area contributed by atoms with E-state index in [0.717, 1.165) is 6.42 Å². The zero-order valence-electron chi connectivity index (χ0n) is 24.5. The van der Waals surface area contributed by atoms with Gasteiger partial charge in [-0.1, -0.05) is 180 Å². The van der Waals surface area contributed by atoms with E-state index in [0.29, 0.717) is 6.61 Å². The Hall–Kier alpha value is -0.300. The number of allylic oxidation sites excluding steroid dienone is 2. The predicted octanol–water partition coefficient (Wildman–Crippen LogP) is 12.3. The minimum absolute atomic E-state index is 0.363. The molecule has 0 bridgehead atoms. The molecular formula is C34H68O. The van der Waals surface area contributed by atoms with Crippen molar-refractivity contribution in [2.45, 2.75) is 200 Å². The maximum absolute atomic E-state index is 8.77. The van der Waals surface area contributed by atoms with Crippen molar-refractivity contribution in [1.29, 1.82) is 0 Å². The molecule has 0 atom stereocenters. The van der Waals surface area contributed by atoms with Gasteiger partial charge >= 0.3 is 0 Å². The van der Waals surface area contributed by atoms with Crippen LogP contribution in [0.15, 0.2) is 12.2 Å². The Morgan fingerprint density at radius 3 is 0.800 bits per heavy atom. The zero-order valence-corrected chi connectivity index (χ0v) is 24.5. The molecule has 1 nitrogen and oxygen atoms in total. The summed E-state index contributed by atoms with van der Waals surface area (Å²) >= 11 is 0. The van der Waals surface area contributed by atoms with Crippen LogP contribution < -0.4 is 0 Å². The summed E-state index contributed by atoms with van der Waals surface area (Å²) in [4.78, 5) is 0. The van der Waals surface area contributed by atoms with Crippen LogP contribution in [0.2, 0.25) is 0 Å². The van der Waals surface area contributed by atoms with Crippen molar-refractivity contribution >= 4 is 0 Å². The monoisotopic (exact) mass is 493 g/mol. The molecule has 0 aliphatic rings. The van der Waals surface area contributed by atoms with Crippen LogP contribution >= 0.6 is 0 Å². The first-order chi connectivity index (χ1) is 17.4. The summed E-state index contributed by atoms with van der Waals surface area (Å²) in [7, 11) is 0. The van der Waals surface area contributed by atoms with Gasteiger partial charge in [-0.05, 0) is 32.1 Å². The molecule has 0 aliphatic heterocycles. The maximum atomic E-state index is 8.77. The quantitative estimate of drug-likeness (QED) is 0.0753. The number of hydrogen-bond acceptors (Lipinski definition) is 1. The molecule has 0 aromatic rings. The standard InChI is InChI=1S/C34H68O/c1-2-3-4-5-6-7-8-9-10-11-12-13-14-15-16-17-18-19-20-21-22-23-24-25-26-27-28-29-30-31-32-33-34-35/h25-26,35H,2-24,27-34H2,1H3. The molecule has 1 heteroatoms. The first-order valence-corrected chi connectivity index (χ1v) is 16.7. The van der Waals surface area contributed by atoms with Crippen molar-refractivity contribution < 1.29 is 5.11 Å². The van der Waals surface area contributed by atoms with E-state index >= 15 is 0 Å². The second-order valence-electron chi connectivity index (χ2n) is 11.3. The minimum Gasteiger partial charge on any atom is -0.396 e. The average molecular weight is 493 g/mol. The molecule has 0 radical (unpaired) electrons. The maximum Gasteiger partial charge on any atom is 0.0431 e. The molecule has 0 spiro atoms.